The fourth-order valence-electron chi connectivity index (χ4n) is 8.31. The average Bonchev–Trinajstić information content (AvgIpc) is 3.68. The van der Waals surface area contributed by atoms with E-state index >= 15 is 0 Å². The van der Waals surface area contributed by atoms with Crippen LogP contribution < -0.4 is 4.90 Å². The monoisotopic (exact) mass is 655 g/mol. The molecule has 236 valence electrons. The minimum Gasteiger partial charge on any atom is -0.310 e. The quantitative estimate of drug-likeness (QED) is 0.178. The van der Waals surface area contributed by atoms with Crippen LogP contribution >= 0.6 is 11.3 Å². The number of thiophene rings is 1. The molecule has 1 nitrogen and oxygen atoms in total. The number of anilines is 3. The Morgan fingerprint density at radius 1 is 0.420 bits per heavy atom. The molecule has 1 aromatic heterocycles. The van der Waals surface area contributed by atoms with Gasteiger partial charge in [0.15, 0.2) is 0 Å². The zero-order chi connectivity index (χ0) is 33.2. The summed E-state index contributed by atoms with van der Waals surface area (Å²) in [5, 5.41) is 5.14. The fraction of sp³-hybridized carbons (Fsp3) is 0.0417. The standard InChI is InChI=1S/C48H33NS/c1-48(42-18-9-7-16-39(42)40-17-8-10-19-43(40)48)44-20-11-21-45-47(44)41-29-28-38(31-46(41)50-45)49(37-27-24-33-14-5-6-15-35(33)30-37)36-25-22-34(23-26-36)32-12-3-2-4-13-32/h2-31H,1H3. The minimum atomic E-state index is -0.253. The van der Waals surface area contributed by atoms with E-state index in [0.717, 1.165) is 17.1 Å². The van der Waals surface area contributed by atoms with Crippen molar-refractivity contribution in [3.8, 4) is 22.3 Å². The molecule has 0 unspecified atom stereocenters. The van der Waals surface area contributed by atoms with Gasteiger partial charge in [-0.3, -0.25) is 0 Å². The van der Waals surface area contributed by atoms with Crippen LogP contribution in [-0.2, 0) is 5.41 Å². The molecule has 0 amide bonds. The van der Waals surface area contributed by atoms with Crippen molar-refractivity contribution in [3.05, 3.63) is 199 Å². The summed E-state index contributed by atoms with van der Waals surface area (Å²) in [5.41, 5.74) is 12.4. The molecule has 8 aromatic carbocycles. The first-order valence-corrected chi connectivity index (χ1v) is 18.1. The van der Waals surface area contributed by atoms with E-state index in [0.29, 0.717) is 0 Å². The minimum absolute atomic E-state index is 0.253. The van der Waals surface area contributed by atoms with E-state index in [1.165, 1.54) is 69.9 Å². The molecule has 10 rings (SSSR count). The Kier molecular flexibility index (Phi) is 6.55. The van der Waals surface area contributed by atoms with Crippen LogP contribution in [0.4, 0.5) is 17.1 Å². The zero-order valence-corrected chi connectivity index (χ0v) is 28.5. The highest BCUT2D eigenvalue weighted by Crippen LogP contribution is 2.55. The average molecular weight is 656 g/mol. The molecule has 2 heteroatoms. The first-order valence-electron chi connectivity index (χ1n) is 17.3. The van der Waals surface area contributed by atoms with Crippen LogP contribution in [-0.4, -0.2) is 0 Å². The molecule has 0 aliphatic heterocycles. The summed E-state index contributed by atoms with van der Waals surface area (Å²) in [6.07, 6.45) is 0. The van der Waals surface area contributed by atoms with E-state index in [4.69, 9.17) is 0 Å². The summed E-state index contributed by atoms with van der Waals surface area (Å²) in [6, 6.07) is 66.9. The summed E-state index contributed by atoms with van der Waals surface area (Å²) >= 11 is 1.89. The van der Waals surface area contributed by atoms with Gasteiger partial charge in [0.05, 0.1) is 0 Å². The van der Waals surface area contributed by atoms with Gasteiger partial charge in [-0.15, -0.1) is 11.3 Å². The highest BCUT2D eigenvalue weighted by molar-refractivity contribution is 7.25. The van der Waals surface area contributed by atoms with Gasteiger partial charge >= 0.3 is 0 Å². The van der Waals surface area contributed by atoms with Crippen molar-refractivity contribution in [2.24, 2.45) is 0 Å². The molecule has 0 spiro atoms. The number of fused-ring (bicyclic) bond motifs is 7. The van der Waals surface area contributed by atoms with Gasteiger partial charge in [0.25, 0.3) is 0 Å². The fourth-order valence-corrected chi connectivity index (χ4v) is 9.48. The molecule has 0 fully saturated rings. The molecule has 0 saturated carbocycles. The van der Waals surface area contributed by atoms with Gasteiger partial charge in [-0.1, -0.05) is 140 Å². The SMILES string of the molecule is CC1(c2cccc3sc4cc(N(c5ccc(-c6ccccc6)cc5)c5ccc6ccccc6c5)ccc4c23)c2ccccc2-c2ccccc21. The predicted molar refractivity (Wildman–Crippen MR) is 214 cm³/mol. The maximum Gasteiger partial charge on any atom is 0.0476 e. The van der Waals surface area contributed by atoms with Crippen molar-refractivity contribution in [3.63, 3.8) is 0 Å². The van der Waals surface area contributed by atoms with Crippen molar-refractivity contribution in [2.75, 3.05) is 4.90 Å². The lowest BCUT2D eigenvalue weighted by atomic mass is 9.73. The van der Waals surface area contributed by atoms with Crippen molar-refractivity contribution >= 4 is 59.3 Å². The van der Waals surface area contributed by atoms with E-state index in [-0.39, 0.29) is 5.41 Å². The second-order valence-electron chi connectivity index (χ2n) is 13.5. The van der Waals surface area contributed by atoms with Crippen LogP contribution in [0.3, 0.4) is 0 Å². The van der Waals surface area contributed by atoms with Gasteiger partial charge in [0.1, 0.15) is 0 Å². The first kappa shape index (κ1) is 29.0. The highest BCUT2D eigenvalue weighted by Gasteiger charge is 2.41. The van der Waals surface area contributed by atoms with Crippen LogP contribution in [0.15, 0.2) is 182 Å². The molecule has 9 aromatic rings. The van der Waals surface area contributed by atoms with Gasteiger partial charge in [-0.25, -0.2) is 0 Å². The zero-order valence-electron chi connectivity index (χ0n) is 27.7. The summed E-state index contributed by atoms with van der Waals surface area (Å²) in [7, 11) is 0. The molecule has 1 aliphatic rings. The van der Waals surface area contributed by atoms with Crippen molar-refractivity contribution < 1.29 is 0 Å². The van der Waals surface area contributed by atoms with E-state index in [9.17, 15) is 0 Å². The molecule has 1 aliphatic carbocycles. The van der Waals surface area contributed by atoms with Crippen LogP contribution in [0.5, 0.6) is 0 Å². The van der Waals surface area contributed by atoms with Crippen molar-refractivity contribution in [1.82, 2.24) is 0 Å². The topological polar surface area (TPSA) is 3.24 Å². The third-order valence-corrected chi connectivity index (χ3v) is 11.8. The Bertz CT molecular complexity index is 2670. The van der Waals surface area contributed by atoms with E-state index in [1.807, 2.05) is 11.3 Å². The number of hydrogen-bond acceptors (Lipinski definition) is 2. The summed E-state index contributed by atoms with van der Waals surface area (Å²) < 4.78 is 2.61. The van der Waals surface area contributed by atoms with Gasteiger partial charge < -0.3 is 4.90 Å². The molecule has 0 bridgehead atoms. The van der Waals surface area contributed by atoms with Crippen LogP contribution in [0, 0.1) is 0 Å². The first-order chi connectivity index (χ1) is 24.7. The lowest BCUT2D eigenvalue weighted by molar-refractivity contribution is 0.722. The Morgan fingerprint density at radius 2 is 1.00 bits per heavy atom. The van der Waals surface area contributed by atoms with Gasteiger partial charge in [0, 0.05) is 42.6 Å². The van der Waals surface area contributed by atoms with Gasteiger partial charge in [-0.05, 0) is 99.1 Å². The summed E-state index contributed by atoms with van der Waals surface area (Å²) in [6.45, 7) is 2.42. The maximum absolute atomic E-state index is 2.42. The molecule has 0 radical (unpaired) electrons. The molecule has 1 heterocycles. The highest BCUT2D eigenvalue weighted by atomic mass is 32.1. The lowest BCUT2D eigenvalue weighted by Crippen LogP contribution is -2.22. The van der Waals surface area contributed by atoms with Crippen LogP contribution in [0.1, 0.15) is 23.6 Å². The third kappa shape index (κ3) is 4.39. The van der Waals surface area contributed by atoms with Crippen LogP contribution in [0.25, 0.3) is 53.2 Å². The second kappa shape index (κ2) is 11.3. The molecule has 0 saturated heterocycles. The number of benzene rings is 8. The van der Waals surface area contributed by atoms with Crippen LogP contribution in [0.2, 0.25) is 0 Å². The Labute approximate surface area is 296 Å². The van der Waals surface area contributed by atoms with Gasteiger partial charge in [0.2, 0.25) is 0 Å². The maximum atomic E-state index is 2.42. The van der Waals surface area contributed by atoms with E-state index in [2.05, 4.69) is 194 Å². The lowest BCUT2D eigenvalue weighted by Gasteiger charge is -2.29. The third-order valence-electron chi connectivity index (χ3n) is 10.7. The molecular weight excluding hydrogens is 623 g/mol. The van der Waals surface area contributed by atoms with E-state index < -0.39 is 0 Å². The number of rotatable bonds is 5. The van der Waals surface area contributed by atoms with Gasteiger partial charge in [-0.2, -0.15) is 0 Å². The second-order valence-corrected chi connectivity index (χ2v) is 14.5. The number of hydrogen-bond donors (Lipinski definition) is 0. The van der Waals surface area contributed by atoms with Crippen molar-refractivity contribution in [1.29, 1.82) is 0 Å². The molecular formula is C48H33NS. The summed E-state index contributed by atoms with van der Waals surface area (Å²) in [5.74, 6) is 0. The predicted octanol–water partition coefficient (Wildman–Crippen LogP) is 13.7. The largest absolute Gasteiger partial charge is 0.310 e. The molecule has 0 N–H and O–H groups in total. The van der Waals surface area contributed by atoms with E-state index in [1.54, 1.807) is 0 Å². The number of nitrogens with zero attached hydrogens (tertiary/aromatic N) is 1. The Balaban J connectivity index is 1.15. The molecule has 0 atom stereocenters. The summed E-state index contributed by atoms with van der Waals surface area (Å²) in [4.78, 5) is 2.40. The molecule has 50 heavy (non-hydrogen) atoms. The normalized spacial score (nSPS) is 13.1. The Morgan fingerprint density at radius 3 is 1.76 bits per heavy atom. The smallest absolute Gasteiger partial charge is 0.0476 e. The Hall–Kier alpha value is -5.96. The van der Waals surface area contributed by atoms with Crippen molar-refractivity contribution in [2.45, 2.75) is 12.3 Å².